The third-order valence-corrected chi connectivity index (χ3v) is 7.41. The van der Waals surface area contributed by atoms with Crippen molar-refractivity contribution < 1.29 is 14.0 Å². The molecule has 1 saturated carbocycles. The van der Waals surface area contributed by atoms with Gasteiger partial charge in [-0.05, 0) is 81.0 Å². The molecule has 8 heteroatoms. The van der Waals surface area contributed by atoms with Gasteiger partial charge in [-0.3, -0.25) is 9.59 Å². The van der Waals surface area contributed by atoms with Crippen molar-refractivity contribution in [1.82, 2.24) is 25.5 Å². The standard InChI is InChI=1S/C30H34FN5O2/c31-24-13-11-21(12-14-24)25-20-27(25)32-15-4-6-26(30(38)36-18-2-1-3-19-36)35-29(37)23-9-7-22(8-10-23)28-33-16-5-17-34-28/h5,7-14,16-17,25-27,32H,1-4,6,15,18-20H2,(H,35,37)/t25-,26-,27+/m0/s1. The van der Waals surface area contributed by atoms with Gasteiger partial charge < -0.3 is 15.5 Å². The first-order valence-electron chi connectivity index (χ1n) is 13.5. The predicted octanol–water partition coefficient (Wildman–Crippen LogP) is 4.32. The van der Waals surface area contributed by atoms with Gasteiger partial charge in [-0.25, -0.2) is 14.4 Å². The van der Waals surface area contributed by atoms with Crippen molar-refractivity contribution in [1.29, 1.82) is 0 Å². The van der Waals surface area contributed by atoms with Crippen LogP contribution in [0, 0.1) is 5.82 Å². The first-order chi connectivity index (χ1) is 18.6. The molecule has 2 N–H and O–H groups in total. The quantitative estimate of drug-likeness (QED) is 0.393. The minimum absolute atomic E-state index is 0.00275. The highest BCUT2D eigenvalue weighted by atomic mass is 19.1. The molecule has 3 atom stereocenters. The Labute approximate surface area is 222 Å². The van der Waals surface area contributed by atoms with Crippen LogP contribution in [0.3, 0.4) is 0 Å². The van der Waals surface area contributed by atoms with Crippen LogP contribution in [0.4, 0.5) is 4.39 Å². The number of benzene rings is 2. The summed E-state index contributed by atoms with van der Waals surface area (Å²) in [7, 11) is 0. The summed E-state index contributed by atoms with van der Waals surface area (Å²) < 4.78 is 13.2. The minimum atomic E-state index is -0.563. The number of carbonyl (C=O) groups is 2. The molecule has 2 heterocycles. The maximum Gasteiger partial charge on any atom is 0.251 e. The third kappa shape index (κ3) is 6.61. The van der Waals surface area contributed by atoms with Crippen molar-refractivity contribution in [3.8, 4) is 11.4 Å². The van der Waals surface area contributed by atoms with Crippen molar-refractivity contribution in [2.24, 2.45) is 0 Å². The molecule has 1 saturated heterocycles. The Morgan fingerprint density at radius 1 is 0.974 bits per heavy atom. The Kier molecular flexibility index (Phi) is 8.38. The molecule has 2 amide bonds. The van der Waals surface area contributed by atoms with Crippen LogP contribution in [0.2, 0.25) is 0 Å². The van der Waals surface area contributed by atoms with Crippen LogP contribution in [-0.4, -0.2) is 58.4 Å². The van der Waals surface area contributed by atoms with Crippen molar-refractivity contribution in [2.45, 2.75) is 56.5 Å². The van der Waals surface area contributed by atoms with E-state index in [0.29, 0.717) is 29.8 Å². The van der Waals surface area contributed by atoms with Gasteiger partial charge in [0.25, 0.3) is 5.91 Å². The van der Waals surface area contributed by atoms with E-state index in [1.165, 1.54) is 12.1 Å². The summed E-state index contributed by atoms with van der Waals surface area (Å²) in [5.41, 5.74) is 2.48. The summed E-state index contributed by atoms with van der Waals surface area (Å²) in [5, 5.41) is 6.57. The Bertz CT molecular complexity index is 1210. The van der Waals surface area contributed by atoms with Gasteiger partial charge in [0.1, 0.15) is 11.9 Å². The predicted molar refractivity (Wildman–Crippen MR) is 144 cm³/mol. The summed E-state index contributed by atoms with van der Waals surface area (Å²) in [6.07, 6.45) is 8.87. The molecule has 0 unspecified atom stereocenters. The molecule has 198 valence electrons. The maximum atomic E-state index is 13.4. The van der Waals surface area contributed by atoms with Gasteiger partial charge in [-0.15, -0.1) is 0 Å². The molecule has 3 aromatic rings. The van der Waals surface area contributed by atoms with E-state index in [0.717, 1.165) is 62.9 Å². The lowest BCUT2D eigenvalue weighted by Crippen LogP contribution is -2.50. The highest BCUT2D eigenvalue weighted by Crippen LogP contribution is 2.40. The van der Waals surface area contributed by atoms with Crippen LogP contribution in [0.15, 0.2) is 67.0 Å². The number of hydrogen-bond donors (Lipinski definition) is 2. The second kappa shape index (κ2) is 12.3. The first-order valence-corrected chi connectivity index (χ1v) is 13.5. The number of piperidine rings is 1. The minimum Gasteiger partial charge on any atom is -0.341 e. The molecule has 1 aliphatic heterocycles. The zero-order valence-corrected chi connectivity index (χ0v) is 21.5. The fraction of sp³-hybridized carbons (Fsp3) is 0.400. The number of hydrogen-bond acceptors (Lipinski definition) is 5. The summed E-state index contributed by atoms with van der Waals surface area (Å²) in [6, 6.07) is 15.4. The summed E-state index contributed by atoms with van der Waals surface area (Å²) in [4.78, 5) is 36.9. The van der Waals surface area contributed by atoms with E-state index < -0.39 is 6.04 Å². The smallest absolute Gasteiger partial charge is 0.251 e. The Hall–Kier alpha value is -3.65. The van der Waals surface area contributed by atoms with E-state index in [4.69, 9.17) is 0 Å². The lowest BCUT2D eigenvalue weighted by atomic mass is 10.0. The molecule has 7 nitrogen and oxygen atoms in total. The maximum absolute atomic E-state index is 13.4. The van der Waals surface area contributed by atoms with E-state index in [9.17, 15) is 14.0 Å². The van der Waals surface area contributed by atoms with Crippen molar-refractivity contribution in [2.75, 3.05) is 19.6 Å². The zero-order valence-electron chi connectivity index (χ0n) is 21.5. The van der Waals surface area contributed by atoms with Gasteiger partial charge in [0.15, 0.2) is 5.82 Å². The van der Waals surface area contributed by atoms with Crippen LogP contribution in [0.5, 0.6) is 0 Å². The number of likely N-dealkylation sites (tertiary alicyclic amines) is 1. The largest absolute Gasteiger partial charge is 0.341 e. The second-order valence-corrected chi connectivity index (χ2v) is 10.2. The number of rotatable bonds is 10. The van der Waals surface area contributed by atoms with E-state index in [-0.39, 0.29) is 17.6 Å². The molecule has 2 aliphatic rings. The van der Waals surface area contributed by atoms with Gasteiger partial charge >= 0.3 is 0 Å². The Morgan fingerprint density at radius 2 is 1.68 bits per heavy atom. The van der Waals surface area contributed by atoms with Crippen molar-refractivity contribution in [3.63, 3.8) is 0 Å². The number of nitrogens with one attached hydrogen (secondary N) is 2. The van der Waals surface area contributed by atoms with Crippen molar-refractivity contribution in [3.05, 3.63) is 83.9 Å². The fourth-order valence-corrected chi connectivity index (χ4v) is 5.15. The SMILES string of the molecule is O=C(N[C@@H](CCCN[C@@H]1C[C@H]1c1ccc(F)cc1)C(=O)N1CCCCC1)c1ccc(-c2ncccn2)cc1. The monoisotopic (exact) mass is 515 g/mol. The second-order valence-electron chi connectivity index (χ2n) is 10.2. The molecule has 38 heavy (non-hydrogen) atoms. The topological polar surface area (TPSA) is 87.2 Å². The van der Waals surface area contributed by atoms with E-state index in [2.05, 4.69) is 20.6 Å². The van der Waals surface area contributed by atoms with Crippen LogP contribution >= 0.6 is 0 Å². The van der Waals surface area contributed by atoms with Gasteiger partial charge in [-0.2, -0.15) is 0 Å². The van der Waals surface area contributed by atoms with Gasteiger partial charge in [0.05, 0.1) is 0 Å². The zero-order chi connectivity index (χ0) is 26.3. The average molecular weight is 516 g/mol. The number of aromatic nitrogens is 2. The number of nitrogens with zero attached hydrogens (tertiary/aromatic N) is 3. The van der Waals surface area contributed by atoms with E-state index in [1.807, 2.05) is 29.2 Å². The molecular formula is C30H34FN5O2. The van der Waals surface area contributed by atoms with Crippen LogP contribution in [0.25, 0.3) is 11.4 Å². The van der Waals surface area contributed by atoms with Crippen LogP contribution < -0.4 is 10.6 Å². The average Bonchev–Trinajstić information content (AvgIpc) is 3.75. The molecule has 2 fully saturated rings. The third-order valence-electron chi connectivity index (χ3n) is 7.41. The number of carbonyl (C=O) groups excluding carboxylic acids is 2. The van der Waals surface area contributed by atoms with Gasteiger partial charge in [-0.1, -0.05) is 24.3 Å². The molecular weight excluding hydrogens is 481 g/mol. The molecule has 5 rings (SSSR count). The molecule has 1 aromatic heterocycles. The van der Waals surface area contributed by atoms with Crippen molar-refractivity contribution >= 4 is 11.8 Å². The summed E-state index contributed by atoms with van der Waals surface area (Å²) >= 11 is 0. The molecule has 1 aliphatic carbocycles. The molecule has 2 aromatic carbocycles. The lowest BCUT2D eigenvalue weighted by Gasteiger charge is -2.31. The first kappa shape index (κ1) is 26.0. The lowest BCUT2D eigenvalue weighted by molar-refractivity contribution is -0.134. The summed E-state index contributed by atoms with van der Waals surface area (Å²) in [6.45, 7) is 2.25. The molecule has 0 bridgehead atoms. The van der Waals surface area contributed by atoms with Crippen LogP contribution in [-0.2, 0) is 4.79 Å². The van der Waals surface area contributed by atoms with E-state index in [1.54, 1.807) is 30.6 Å². The van der Waals surface area contributed by atoms with Crippen LogP contribution in [0.1, 0.15) is 60.4 Å². The molecule has 0 spiro atoms. The highest BCUT2D eigenvalue weighted by Gasteiger charge is 2.37. The highest BCUT2D eigenvalue weighted by molar-refractivity contribution is 5.97. The fourth-order valence-electron chi connectivity index (χ4n) is 5.15. The number of halogens is 1. The van der Waals surface area contributed by atoms with E-state index >= 15 is 0 Å². The Balaban J connectivity index is 1.16. The number of amides is 2. The Morgan fingerprint density at radius 3 is 2.39 bits per heavy atom. The van der Waals surface area contributed by atoms with Gasteiger partial charge in [0, 0.05) is 48.6 Å². The summed E-state index contributed by atoms with van der Waals surface area (Å²) in [5.74, 6) is 0.537. The molecule has 0 radical (unpaired) electrons. The van der Waals surface area contributed by atoms with Gasteiger partial charge in [0.2, 0.25) is 5.91 Å². The normalized spacial score (nSPS) is 19.6.